The van der Waals surface area contributed by atoms with Gasteiger partial charge in [-0.15, -0.1) is 11.3 Å². The van der Waals surface area contributed by atoms with Crippen molar-refractivity contribution in [1.29, 1.82) is 0 Å². The molecule has 4 heteroatoms. The Kier molecular flexibility index (Phi) is 4.65. The fraction of sp³-hybridized carbons (Fsp3) is 0.176. The SMILES string of the molecule is CCNC(c1ccc2ccccc2c1)c1cc(Br)c(Cl)s1. The summed E-state index contributed by atoms with van der Waals surface area (Å²) < 4.78 is 1.77. The van der Waals surface area contributed by atoms with Crippen molar-refractivity contribution in [2.24, 2.45) is 0 Å². The van der Waals surface area contributed by atoms with E-state index in [1.54, 1.807) is 11.3 Å². The number of hydrogen-bond donors (Lipinski definition) is 1. The lowest BCUT2D eigenvalue weighted by Gasteiger charge is -2.17. The highest BCUT2D eigenvalue weighted by molar-refractivity contribution is 9.10. The zero-order chi connectivity index (χ0) is 14.8. The van der Waals surface area contributed by atoms with E-state index in [4.69, 9.17) is 11.6 Å². The molecule has 1 unspecified atom stereocenters. The number of fused-ring (bicyclic) bond motifs is 1. The van der Waals surface area contributed by atoms with Crippen molar-refractivity contribution in [3.63, 3.8) is 0 Å². The molecule has 3 rings (SSSR count). The van der Waals surface area contributed by atoms with E-state index < -0.39 is 0 Å². The molecule has 0 aliphatic carbocycles. The summed E-state index contributed by atoms with van der Waals surface area (Å²) in [6.07, 6.45) is 0. The van der Waals surface area contributed by atoms with Crippen LogP contribution in [0.15, 0.2) is 53.0 Å². The third-order valence-corrected chi connectivity index (χ3v) is 6.00. The highest BCUT2D eigenvalue weighted by atomic mass is 79.9. The molecule has 1 aromatic heterocycles. The summed E-state index contributed by atoms with van der Waals surface area (Å²) in [6.45, 7) is 3.03. The third kappa shape index (κ3) is 3.16. The average molecular weight is 381 g/mol. The second-order valence-corrected chi connectivity index (χ2v) is 7.41. The summed E-state index contributed by atoms with van der Waals surface area (Å²) in [4.78, 5) is 1.23. The first-order valence-corrected chi connectivity index (χ1v) is 8.84. The zero-order valence-corrected chi connectivity index (χ0v) is 14.7. The van der Waals surface area contributed by atoms with Crippen LogP contribution >= 0.6 is 38.9 Å². The van der Waals surface area contributed by atoms with Crippen LogP contribution in [0.2, 0.25) is 4.34 Å². The second-order valence-electron chi connectivity index (χ2n) is 4.87. The van der Waals surface area contributed by atoms with Crippen molar-refractivity contribution < 1.29 is 0 Å². The van der Waals surface area contributed by atoms with Crippen LogP contribution in [-0.4, -0.2) is 6.54 Å². The summed E-state index contributed by atoms with van der Waals surface area (Å²) in [7, 11) is 0. The Morgan fingerprint density at radius 2 is 1.90 bits per heavy atom. The quantitative estimate of drug-likeness (QED) is 0.584. The lowest BCUT2D eigenvalue weighted by Crippen LogP contribution is -2.21. The minimum Gasteiger partial charge on any atom is -0.306 e. The molecule has 0 saturated heterocycles. The lowest BCUT2D eigenvalue weighted by atomic mass is 10.0. The number of benzene rings is 2. The molecule has 2 aromatic carbocycles. The van der Waals surface area contributed by atoms with E-state index in [1.165, 1.54) is 21.2 Å². The van der Waals surface area contributed by atoms with Crippen LogP contribution in [-0.2, 0) is 0 Å². The van der Waals surface area contributed by atoms with E-state index in [9.17, 15) is 0 Å². The topological polar surface area (TPSA) is 12.0 Å². The molecule has 1 heterocycles. The van der Waals surface area contributed by atoms with Gasteiger partial charge in [-0.3, -0.25) is 0 Å². The lowest BCUT2D eigenvalue weighted by molar-refractivity contribution is 0.640. The molecule has 1 N–H and O–H groups in total. The first-order valence-electron chi connectivity index (χ1n) is 6.86. The van der Waals surface area contributed by atoms with Gasteiger partial charge in [-0.2, -0.15) is 0 Å². The van der Waals surface area contributed by atoms with Gasteiger partial charge in [0.2, 0.25) is 0 Å². The number of nitrogens with one attached hydrogen (secondary N) is 1. The Bertz CT molecular complexity index is 749. The van der Waals surface area contributed by atoms with Crippen LogP contribution in [0.4, 0.5) is 0 Å². The van der Waals surface area contributed by atoms with Gasteiger partial charge >= 0.3 is 0 Å². The number of halogens is 2. The van der Waals surface area contributed by atoms with Gasteiger partial charge in [-0.05, 0) is 50.9 Å². The monoisotopic (exact) mass is 379 g/mol. The fourth-order valence-corrected chi connectivity index (χ4v) is 4.32. The molecule has 21 heavy (non-hydrogen) atoms. The van der Waals surface area contributed by atoms with Gasteiger partial charge in [-0.1, -0.05) is 54.9 Å². The normalized spacial score (nSPS) is 12.7. The molecule has 3 aromatic rings. The Morgan fingerprint density at radius 1 is 1.14 bits per heavy atom. The van der Waals surface area contributed by atoms with E-state index in [1.807, 2.05) is 0 Å². The average Bonchev–Trinajstić information content (AvgIpc) is 2.83. The van der Waals surface area contributed by atoms with Gasteiger partial charge in [0.25, 0.3) is 0 Å². The van der Waals surface area contributed by atoms with E-state index >= 15 is 0 Å². The fourth-order valence-electron chi connectivity index (χ4n) is 2.48. The van der Waals surface area contributed by atoms with Crippen molar-refractivity contribution in [2.75, 3.05) is 6.54 Å². The highest BCUT2D eigenvalue weighted by Gasteiger charge is 2.17. The highest BCUT2D eigenvalue weighted by Crippen LogP contribution is 2.37. The zero-order valence-electron chi connectivity index (χ0n) is 11.6. The largest absolute Gasteiger partial charge is 0.306 e. The molecule has 0 fully saturated rings. The van der Waals surface area contributed by atoms with Gasteiger partial charge in [0.15, 0.2) is 0 Å². The molecule has 108 valence electrons. The minimum absolute atomic E-state index is 0.174. The van der Waals surface area contributed by atoms with Crippen LogP contribution in [0.3, 0.4) is 0 Å². The molecule has 0 aliphatic heterocycles. The standard InChI is InChI=1S/C17H15BrClNS/c1-2-20-16(15-10-14(18)17(19)21-15)13-8-7-11-5-3-4-6-12(11)9-13/h3-10,16,20H,2H2,1H3. The number of rotatable bonds is 4. The van der Waals surface area contributed by atoms with Crippen LogP contribution in [0.25, 0.3) is 10.8 Å². The molecular formula is C17H15BrClNS. The molecule has 0 amide bonds. The van der Waals surface area contributed by atoms with E-state index in [0.717, 1.165) is 15.4 Å². The summed E-state index contributed by atoms with van der Waals surface area (Å²) in [5.41, 5.74) is 1.26. The minimum atomic E-state index is 0.174. The van der Waals surface area contributed by atoms with Crippen molar-refractivity contribution in [2.45, 2.75) is 13.0 Å². The summed E-state index contributed by atoms with van der Waals surface area (Å²) >= 11 is 11.3. The van der Waals surface area contributed by atoms with Gasteiger partial charge in [-0.25, -0.2) is 0 Å². The van der Waals surface area contributed by atoms with Crippen LogP contribution in [0, 0.1) is 0 Å². The van der Waals surface area contributed by atoms with Crippen LogP contribution < -0.4 is 5.32 Å². The summed E-state index contributed by atoms with van der Waals surface area (Å²) in [5, 5.41) is 6.08. The maximum atomic E-state index is 6.20. The van der Waals surface area contributed by atoms with E-state index in [2.05, 4.69) is 76.7 Å². The predicted octanol–water partition coefficient (Wildman–Crippen LogP) is 6.02. The molecule has 0 saturated carbocycles. The van der Waals surface area contributed by atoms with Gasteiger partial charge in [0.05, 0.1) is 6.04 Å². The Labute approximate surface area is 142 Å². The summed E-state index contributed by atoms with van der Waals surface area (Å²) in [5.74, 6) is 0. The molecule has 1 nitrogen and oxygen atoms in total. The molecule has 0 radical (unpaired) electrons. The predicted molar refractivity (Wildman–Crippen MR) is 96.5 cm³/mol. The molecule has 0 spiro atoms. The number of thiophene rings is 1. The Hall–Kier alpha value is -0.870. The first kappa shape index (κ1) is 15.0. The number of hydrogen-bond acceptors (Lipinski definition) is 2. The summed E-state index contributed by atoms with van der Waals surface area (Å²) in [6, 6.07) is 17.3. The van der Waals surface area contributed by atoms with Crippen LogP contribution in [0.1, 0.15) is 23.4 Å². The van der Waals surface area contributed by atoms with Crippen molar-refractivity contribution >= 4 is 49.6 Å². The van der Waals surface area contributed by atoms with Crippen molar-refractivity contribution in [3.05, 3.63) is 67.8 Å². The first-order chi connectivity index (χ1) is 10.2. The van der Waals surface area contributed by atoms with Crippen molar-refractivity contribution in [1.82, 2.24) is 5.32 Å². The van der Waals surface area contributed by atoms with E-state index in [-0.39, 0.29) is 6.04 Å². The third-order valence-electron chi connectivity index (χ3n) is 3.46. The maximum Gasteiger partial charge on any atom is 0.107 e. The molecule has 1 atom stereocenters. The smallest absolute Gasteiger partial charge is 0.107 e. The van der Waals surface area contributed by atoms with Gasteiger partial charge in [0, 0.05) is 9.35 Å². The van der Waals surface area contributed by atoms with E-state index in [0.29, 0.717) is 0 Å². The van der Waals surface area contributed by atoms with Gasteiger partial charge in [0.1, 0.15) is 4.34 Å². The Balaban J connectivity index is 2.06. The maximum absolute atomic E-state index is 6.20. The molecule has 0 aliphatic rings. The van der Waals surface area contributed by atoms with Crippen molar-refractivity contribution in [3.8, 4) is 0 Å². The molecule has 0 bridgehead atoms. The van der Waals surface area contributed by atoms with Crippen LogP contribution in [0.5, 0.6) is 0 Å². The van der Waals surface area contributed by atoms with Gasteiger partial charge < -0.3 is 5.32 Å². The molecular weight excluding hydrogens is 366 g/mol. The Morgan fingerprint density at radius 3 is 2.57 bits per heavy atom. The second kappa shape index (κ2) is 6.49.